The summed E-state index contributed by atoms with van der Waals surface area (Å²) in [5.74, 6) is 1.62. The molecule has 5 nitrogen and oxygen atoms in total. The number of benzene rings is 1. The fraction of sp³-hybridized carbons (Fsp3) is 0.286. The highest BCUT2D eigenvalue weighted by atomic mass is 16.6. The van der Waals surface area contributed by atoms with Gasteiger partial charge < -0.3 is 14.8 Å². The number of nitrogens with zero attached hydrogens (tertiary/aromatic N) is 2. The maximum atomic E-state index is 5.85. The van der Waals surface area contributed by atoms with E-state index in [-0.39, 0.29) is 6.10 Å². The van der Waals surface area contributed by atoms with Crippen LogP contribution in [0.4, 0.5) is 0 Å². The molecule has 0 saturated heterocycles. The summed E-state index contributed by atoms with van der Waals surface area (Å²) in [5, 5.41) is 3.31. The minimum atomic E-state index is 0.0248. The molecule has 1 aromatic carbocycles. The Balaban J connectivity index is 1.50. The third-order valence-corrected chi connectivity index (χ3v) is 2.89. The molecule has 0 bridgehead atoms. The first-order valence-corrected chi connectivity index (χ1v) is 6.26. The maximum absolute atomic E-state index is 5.85. The number of hydrogen-bond donors (Lipinski definition) is 1. The molecular weight excluding hydrogens is 242 g/mol. The first-order chi connectivity index (χ1) is 9.42. The number of aromatic nitrogens is 2. The minimum Gasteiger partial charge on any atom is -0.486 e. The van der Waals surface area contributed by atoms with Crippen LogP contribution in [0.15, 0.2) is 42.9 Å². The van der Waals surface area contributed by atoms with E-state index in [2.05, 4.69) is 15.3 Å². The largest absolute Gasteiger partial charge is 0.486 e. The Morgan fingerprint density at radius 2 is 2.11 bits per heavy atom. The van der Waals surface area contributed by atoms with Crippen molar-refractivity contribution >= 4 is 0 Å². The van der Waals surface area contributed by atoms with Gasteiger partial charge >= 0.3 is 0 Å². The van der Waals surface area contributed by atoms with Crippen LogP contribution < -0.4 is 14.8 Å². The van der Waals surface area contributed by atoms with E-state index in [1.807, 2.05) is 30.3 Å². The Morgan fingerprint density at radius 1 is 1.21 bits per heavy atom. The van der Waals surface area contributed by atoms with Crippen molar-refractivity contribution < 1.29 is 9.47 Å². The summed E-state index contributed by atoms with van der Waals surface area (Å²) < 4.78 is 11.5. The Bertz CT molecular complexity index is 533. The molecule has 5 heteroatoms. The third kappa shape index (κ3) is 3.00. The third-order valence-electron chi connectivity index (χ3n) is 2.89. The molecule has 98 valence electrons. The lowest BCUT2D eigenvalue weighted by molar-refractivity contribution is 0.0901. The molecule has 0 fully saturated rings. The molecule has 1 N–H and O–H groups in total. The number of ether oxygens (including phenoxy) is 2. The molecule has 1 aliphatic heterocycles. The van der Waals surface area contributed by atoms with E-state index in [9.17, 15) is 0 Å². The molecule has 0 aliphatic carbocycles. The van der Waals surface area contributed by atoms with E-state index in [1.165, 1.54) is 0 Å². The molecule has 1 aromatic heterocycles. The Kier molecular flexibility index (Phi) is 3.56. The lowest BCUT2D eigenvalue weighted by atomic mass is 10.2. The lowest BCUT2D eigenvalue weighted by Crippen LogP contribution is -2.38. The van der Waals surface area contributed by atoms with E-state index in [4.69, 9.17) is 9.47 Å². The first-order valence-electron chi connectivity index (χ1n) is 6.26. The molecule has 1 atom stereocenters. The van der Waals surface area contributed by atoms with Gasteiger partial charge in [0.2, 0.25) is 0 Å². The summed E-state index contributed by atoms with van der Waals surface area (Å²) in [6.45, 7) is 1.98. The molecule has 1 unspecified atom stereocenters. The molecule has 0 saturated carbocycles. The van der Waals surface area contributed by atoms with E-state index in [1.54, 1.807) is 12.5 Å². The minimum absolute atomic E-state index is 0.0248. The van der Waals surface area contributed by atoms with Crippen LogP contribution in [0.5, 0.6) is 11.5 Å². The van der Waals surface area contributed by atoms with Gasteiger partial charge in [-0.25, -0.2) is 9.97 Å². The Morgan fingerprint density at radius 3 is 2.95 bits per heavy atom. The predicted molar refractivity (Wildman–Crippen MR) is 70.1 cm³/mol. The van der Waals surface area contributed by atoms with Gasteiger partial charge in [-0.15, -0.1) is 0 Å². The molecular formula is C14H15N3O2. The molecule has 0 amide bonds. The average molecular weight is 257 g/mol. The second-order valence-electron chi connectivity index (χ2n) is 4.33. The van der Waals surface area contributed by atoms with Crippen LogP contribution >= 0.6 is 0 Å². The summed E-state index contributed by atoms with van der Waals surface area (Å²) in [5.41, 5.74) is 0.965. The quantitative estimate of drug-likeness (QED) is 0.897. The second-order valence-corrected chi connectivity index (χ2v) is 4.33. The van der Waals surface area contributed by atoms with Gasteiger partial charge in [-0.3, -0.25) is 0 Å². The topological polar surface area (TPSA) is 56.3 Å². The molecule has 2 aromatic rings. The number of fused-ring (bicyclic) bond motifs is 1. The van der Waals surface area contributed by atoms with Gasteiger partial charge in [-0.2, -0.15) is 0 Å². The van der Waals surface area contributed by atoms with Crippen LogP contribution in [-0.2, 0) is 6.54 Å². The monoisotopic (exact) mass is 257 g/mol. The van der Waals surface area contributed by atoms with Gasteiger partial charge in [-0.1, -0.05) is 12.1 Å². The van der Waals surface area contributed by atoms with Crippen molar-refractivity contribution in [2.45, 2.75) is 12.6 Å². The highest BCUT2D eigenvalue weighted by molar-refractivity contribution is 5.40. The zero-order valence-electron chi connectivity index (χ0n) is 10.5. The molecule has 1 aliphatic rings. The average Bonchev–Trinajstić information content (AvgIpc) is 2.48. The van der Waals surface area contributed by atoms with Crippen LogP contribution in [0.25, 0.3) is 0 Å². The van der Waals surface area contributed by atoms with Crippen molar-refractivity contribution in [2.75, 3.05) is 13.2 Å². The molecule has 2 heterocycles. The van der Waals surface area contributed by atoms with E-state index in [0.717, 1.165) is 23.7 Å². The predicted octanol–water partition coefficient (Wildman–Crippen LogP) is 1.41. The summed E-state index contributed by atoms with van der Waals surface area (Å²) in [7, 11) is 0. The summed E-state index contributed by atoms with van der Waals surface area (Å²) in [4.78, 5) is 8.04. The zero-order chi connectivity index (χ0) is 12.9. The van der Waals surface area contributed by atoms with Crippen molar-refractivity contribution in [3.05, 3.63) is 48.5 Å². The Labute approximate surface area is 111 Å². The van der Waals surface area contributed by atoms with Crippen molar-refractivity contribution in [1.82, 2.24) is 15.3 Å². The van der Waals surface area contributed by atoms with Crippen LogP contribution in [0, 0.1) is 0 Å². The highest BCUT2D eigenvalue weighted by Crippen LogP contribution is 2.30. The van der Waals surface area contributed by atoms with Crippen molar-refractivity contribution in [2.24, 2.45) is 0 Å². The lowest BCUT2D eigenvalue weighted by Gasteiger charge is -2.26. The fourth-order valence-electron chi connectivity index (χ4n) is 1.95. The summed E-state index contributed by atoms with van der Waals surface area (Å²) >= 11 is 0. The van der Waals surface area contributed by atoms with Gasteiger partial charge in [0.25, 0.3) is 0 Å². The van der Waals surface area contributed by atoms with Gasteiger partial charge in [0.05, 0.1) is 5.69 Å². The van der Waals surface area contributed by atoms with Crippen LogP contribution in [0.3, 0.4) is 0 Å². The maximum Gasteiger partial charge on any atom is 0.161 e. The van der Waals surface area contributed by atoms with Crippen LogP contribution in [0.2, 0.25) is 0 Å². The fourth-order valence-corrected chi connectivity index (χ4v) is 1.95. The highest BCUT2D eigenvalue weighted by Gasteiger charge is 2.19. The van der Waals surface area contributed by atoms with Gasteiger partial charge in [-0.05, 0) is 18.2 Å². The van der Waals surface area contributed by atoms with Gasteiger partial charge in [0.1, 0.15) is 19.0 Å². The number of hydrogen-bond acceptors (Lipinski definition) is 5. The Hall–Kier alpha value is -2.14. The standard InChI is InChI=1S/C14H15N3O2/c1-2-4-14-13(3-1)18-9-12(19-14)8-16-7-11-5-6-15-10-17-11/h1-6,10,12,16H,7-9H2. The van der Waals surface area contributed by atoms with Gasteiger partial charge in [0.15, 0.2) is 11.5 Å². The van der Waals surface area contributed by atoms with E-state index >= 15 is 0 Å². The van der Waals surface area contributed by atoms with E-state index in [0.29, 0.717) is 13.2 Å². The normalized spacial score (nSPS) is 17.2. The van der Waals surface area contributed by atoms with Crippen molar-refractivity contribution in [1.29, 1.82) is 0 Å². The number of para-hydroxylation sites is 2. The van der Waals surface area contributed by atoms with Crippen molar-refractivity contribution in [3.63, 3.8) is 0 Å². The molecule has 0 radical (unpaired) electrons. The van der Waals surface area contributed by atoms with Crippen molar-refractivity contribution in [3.8, 4) is 11.5 Å². The first kappa shape index (κ1) is 11.9. The van der Waals surface area contributed by atoms with Gasteiger partial charge in [0, 0.05) is 19.3 Å². The summed E-state index contributed by atoms with van der Waals surface area (Å²) in [6.07, 6.45) is 3.31. The molecule has 3 rings (SSSR count). The zero-order valence-corrected chi connectivity index (χ0v) is 10.5. The SMILES string of the molecule is c1ccc2c(c1)OCC(CNCc1ccncn1)O2. The molecule has 0 spiro atoms. The van der Waals surface area contributed by atoms with Crippen LogP contribution in [0.1, 0.15) is 5.69 Å². The molecule has 19 heavy (non-hydrogen) atoms. The second kappa shape index (κ2) is 5.67. The van der Waals surface area contributed by atoms with Crippen LogP contribution in [-0.4, -0.2) is 29.2 Å². The summed E-state index contributed by atoms with van der Waals surface area (Å²) in [6, 6.07) is 9.61. The number of rotatable bonds is 4. The van der Waals surface area contributed by atoms with E-state index < -0.39 is 0 Å². The number of nitrogens with one attached hydrogen (secondary N) is 1. The smallest absolute Gasteiger partial charge is 0.161 e.